The van der Waals surface area contributed by atoms with Crippen molar-refractivity contribution in [3.05, 3.63) is 29.8 Å². The van der Waals surface area contributed by atoms with Gasteiger partial charge in [-0.05, 0) is 38.1 Å². The largest absolute Gasteiger partial charge is 0.370 e. The molecule has 3 nitrogen and oxygen atoms in total. The minimum absolute atomic E-state index is 0.123. The minimum Gasteiger partial charge on any atom is -0.370 e. The summed E-state index contributed by atoms with van der Waals surface area (Å²) < 4.78 is 0. The Labute approximate surface area is 97.6 Å². The predicted molar refractivity (Wildman–Crippen MR) is 68.7 cm³/mol. The zero-order chi connectivity index (χ0) is 11.5. The highest BCUT2D eigenvalue weighted by Crippen LogP contribution is 2.22. The summed E-state index contributed by atoms with van der Waals surface area (Å²) in [5.41, 5.74) is 8.35. The van der Waals surface area contributed by atoms with Crippen LogP contribution in [0.1, 0.15) is 24.9 Å². The Bertz CT molecular complexity index is 332. The molecule has 2 unspecified atom stereocenters. The van der Waals surface area contributed by atoms with Crippen LogP contribution in [-0.4, -0.2) is 26.2 Å². The normalized spacial score (nSPS) is 22.4. The van der Waals surface area contributed by atoms with Gasteiger partial charge in [-0.25, -0.2) is 0 Å². The lowest BCUT2D eigenvalue weighted by molar-refractivity contribution is 0.617. The van der Waals surface area contributed by atoms with Crippen molar-refractivity contribution in [2.75, 3.05) is 25.0 Å². The smallest absolute Gasteiger partial charge is 0.0366 e. The van der Waals surface area contributed by atoms with Gasteiger partial charge in [0.05, 0.1) is 0 Å². The number of benzene rings is 1. The summed E-state index contributed by atoms with van der Waals surface area (Å²) in [7, 11) is 2.04. The molecule has 3 N–H and O–H groups in total. The first-order chi connectivity index (χ1) is 7.70. The Morgan fingerprint density at radius 3 is 2.56 bits per heavy atom. The monoisotopic (exact) mass is 219 g/mol. The quantitative estimate of drug-likeness (QED) is 0.809. The van der Waals surface area contributed by atoms with Crippen molar-refractivity contribution in [2.45, 2.75) is 25.4 Å². The summed E-state index contributed by atoms with van der Waals surface area (Å²) in [5, 5.41) is 3.33. The van der Waals surface area contributed by atoms with E-state index in [2.05, 4.69) is 34.5 Å². The average Bonchev–Trinajstić information content (AvgIpc) is 2.77. The van der Waals surface area contributed by atoms with E-state index in [1.165, 1.54) is 17.7 Å². The second-order valence-electron chi connectivity index (χ2n) is 4.60. The summed E-state index contributed by atoms with van der Waals surface area (Å²) in [6.45, 7) is 4.26. The van der Waals surface area contributed by atoms with E-state index in [-0.39, 0.29) is 6.04 Å². The van der Waals surface area contributed by atoms with Gasteiger partial charge in [-0.15, -0.1) is 0 Å². The van der Waals surface area contributed by atoms with Crippen molar-refractivity contribution in [1.82, 2.24) is 5.32 Å². The zero-order valence-electron chi connectivity index (χ0n) is 10.1. The molecule has 1 aliphatic heterocycles. The van der Waals surface area contributed by atoms with Gasteiger partial charge in [0.25, 0.3) is 0 Å². The third-order valence-electron chi connectivity index (χ3n) is 3.38. The van der Waals surface area contributed by atoms with Crippen molar-refractivity contribution < 1.29 is 0 Å². The topological polar surface area (TPSA) is 41.3 Å². The van der Waals surface area contributed by atoms with Crippen molar-refractivity contribution in [1.29, 1.82) is 0 Å². The van der Waals surface area contributed by atoms with E-state index in [0.29, 0.717) is 6.04 Å². The highest BCUT2D eigenvalue weighted by atomic mass is 15.2. The number of anilines is 1. The Morgan fingerprint density at radius 2 is 2.06 bits per heavy atom. The molecular formula is C13H21N3. The predicted octanol–water partition coefficient (Wildman–Crippen LogP) is 1.50. The Hall–Kier alpha value is -1.06. The van der Waals surface area contributed by atoms with Gasteiger partial charge >= 0.3 is 0 Å². The molecule has 0 amide bonds. The van der Waals surface area contributed by atoms with Crippen molar-refractivity contribution in [3.63, 3.8) is 0 Å². The summed E-state index contributed by atoms with van der Waals surface area (Å²) in [5.74, 6) is 0. The number of likely N-dealkylation sites (N-methyl/N-ethyl adjacent to an activating group) is 1. The maximum Gasteiger partial charge on any atom is 0.0366 e. The van der Waals surface area contributed by atoms with Gasteiger partial charge in [-0.3, -0.25) is 0 Å². The van der Waals surface area contributed by atoms with E-state index in [1.807, 2.05) is 14.0 Å². The molecule has 2 rings (SSSR count). The van der Waals surface area contributed by atoms with Crippen LogP contribution in [0, 0.1) is 0 Å². The number of nitrogens with two attached hydrogens (primary N) is 1. The van der Waals surface area contributed by atoms with Gasteiger partial charge < -0.3 is 16.0 Å². The molecule has 0 aliphatic carbocycles. The molecule has 1 saturated heterocycles. The summed E-state index contributed by atoms with van der Waals surface area (Å²) in [4.78, 5) is 2.42. The number of nitrogens with one attached hydrogen (secondary N) is 1. The van der Waals surface area contributed by atoms with Crippen LogP contribution in [0.2, 0.25) is 0 Å². The van der Waals surface area contributed by atoms with Gasteiger partial charge in [0.1, 0.15) is 0 Å². The van der Waals surface area contributed by atoms with Crippen LogP contribution in [0.25, 0.3) is 0 Å². The number of hydrogen-bond donors (Lipinski definition) is 2. The Morgan fingerprint density at radius 1 is 1.38 bits per heavy atom. The van der Waals surface area contributed by atoms with Crippen molar-refractivity contribution >= 4 is 5.69 Å². The van der Waals surface area contributed by atoms with Crippen molar-refractivity contribution in [3.8, 4) is 0 Å². The molecule has 3 heteroatoms. The SMILES string of the molecule is CNC1CCN(c2ccc(C(C)N)cc2)C1. The summed E-state index contributed by atoms with van der Waals surface area (Å²) >= 11 is 0. The second-order valence-corrected chi connectivity index (χ2v) is 4.60. The standard InChI is InChI=1S/C13H21N3/c1-10(14)11-3-5-13(6-4-11)16-8-7-12(9-16)15-2/h3-6,10,12,15H,7-9,14H2,1-2H3. The van der Waals surface area contributed by atoms with E-state index in [0.717, 1.165) is 13.1 Å². The van der Waals surface area contributed by atoms with E-state index >= 15 is 0 Å². The fourth-order valence-electron chi connectivity index (χ4n) is 2.22. The van der Waals surface area contributed by atoms with Crippen LogP contribution in [0.3, 0.4) is 0 Å². The summed E-state index contributed by atoms with van der Waals surface area (Å²) in [6, 6.07) is 9.37. The lowest BCUT2D eigenvalue weighted by Gasteiger charge is -2.19. The van der Waals surface area contributed by atoms with Crippen LogP contribution in [0.5, 0.6) is 0 Å². The first-order valence-corrected chi connectivity index (χ1v) is 5.98. The fourth-order valence-corrected chi connectivity index (χ4v) is 2.22. The maximum absolute atomic E-state index is 5.84. The van der Waals surface area contributed by atoms with Crippen LogP contribution in [0.4, 0.5) is 5.69 Å². The molecule has 1 aliphatic rings. The highest BCUT2D eigenvalue weighted by Gasteiger charge is 2.20. The molecule has 0 aromatic heterocycles. The summed E-state index contributed by atoms with van der Waals surface area (Å²) in [6.07, 6.45) is 1.23. The van der Waals surface area contributed by atoms with Gasteiger partial charge in [-0.2, -0.15) is 0 Å². The molecule has 1 fully saturated rings. The van der Waals surface area contributed by atoms with Crippen LogP contribution in [-0.2, 0) is 0 Å². The van der Waals surface area contributed by atoms with Gasteiger partial charge in [0, 0.05) is 30.9 Å². The van der Waals surface area contributed by atoms with E-state index < -0.39 is 0 Å². The number of hydrogen-bond acceptors (Lipinski definition) is 3. The van der Waals surface area contributed by atoms with Gasteiger partial charge in [-0.1, -0.05) is 12.1 Å². The molecule has 1 aromatic rings. The molecule has 0 bridgehead atoms. The lowest BCUT2D eigenvalue weighted by atomic mass is 10.1. The van der Waals surface area contributed by atoms with Gasteiger partial charge in [0.2, 0.25) is 0 Å². The van der Waals surface area contributed by atoms with E-state index in [4.69, 9.17) is 5.73 Å². The minimum atomic E-state index is 0.123. The molecule has 0 saturated carbocycles. The zero-order valence-corrected chi connectivity index (χ0v) is 10.1. The van der Waals surface area contributed by atoms with Crippen LogP contribution >= 0.6 is 0 Å². The molecule has 88 valence electrons. The third kappa shape index (κ3) is 2.36. The second kappa shape index (κ2) is 4.85. The highest BCUT2D eigenvalue weighted by molar-refractivity contribution is 5.49. The first kappa shape index (κ1) is 11.4. The fraction of sp³-hybridized carbons (Fsp3) is 0.538. The number of nitrogens with zero attached hydrogens (tertiary/aromatic N) is 1. The van der Waals surface area contributed by atoms with E-state index in [1.54, 1.807) is 0 Å². The Balaban J connectivity index is 2.05. The van der Waals surface area contributed by atoms with Crippen LogP contribution in [0.15, 0.2) is 24.3 Å². The van der Waals surface area contributed by atoms with E-state index in [9.17, 15) is 0 Å². The molecular weight excluding hydrogens is 198 g/mol. The maximum atomic E-state index is 5.84. The third-order valence-corrected chi connectivity index (χ3v) is 3.38. The van der Waals surface area contributed by atoms with Crippen molar-refractivity contribution in [2.24, 2.45) is 5.73 Å². The van der Waals surface area contributed by atoms with Crippen LogP contribution < -0.4 is 16.0 Å². The molecule has 0 spiro atoms. The Kier molecular flexibility index (Phi) is 3.46. The lowest BCUT2D eigenvalue weighted by Crippen LogP contribution is -2.29. The molecule has 0 radical (unpaired) electrons. The van der Waals surface area contributed by atoms with Gasteiger partial charge in [0.15, 0.2) is 0 Å². The molecule has 1 heterocycles. The molecule has 2 atom stereocenters. The number of rotatable bonds is 3. The average molecular weight is 219 g/mol. The molecule has 1 aromatic carbocycles. The first-order valence-electron chi connectivity index (χ1n) is 5.98. The molecule has 16 heavy (non-hydrogen) atoms.